The van der Waals surface area contributed by atoms with Gasteiger partial charge in [0.1, 0.15) is 6.26 Å². The van der Waals surface area contributed by atoms with Crippen LogP contribution in [0.5, 0.6) is 0 Å². The summed E-state index contributed by atoms with van der Waals surface area (Å²) >= 11 is 0. The Morgan fingerprint density at radius 3 is 3.23 bits per heavy atom. The molecule has 3 heteroatoms. The number of hydrogen-bond acceptors (Lipinski definition) is 3. The van der Waals surface area contributed by atoms with Gasteiger partial charge in [-0.15, -0.1) is 0 Å². The molecule has 1 saturated heterocycles. The maximum absolute atomic E-state index is 4.86. The predicted octanol–water partition coefficient (Wildman–Crippen LogP) is 1.30. The Labute approximate surface area is 76.8 Å². The van der Waals surface area contributed by atoms with Crippen molar-refractivity contribution >= 4 is 5.57 Å². The third-order valence-corrected chi connectivity index (χ3v) is 3.01. The molecule has 2 unspecified atom stereocenters. The van der Waals surface area contributed by atoms with Crippen molar-refractivity contribution < 1.29 is 4.52 Å². The van der Waals surface area contributed by atoms with Crippen LogP contribution in [0.25, 0.3) is 5.57 Å². The molecule has 68 valence electrons. The first-order valence-electron chi connectivity index (χ1n) is 4.75. The van der Waals surface area contributed by atoms with E-state index in [9.17, 15) is 0 Å². The molecule has 2 aliphatic rings. The molecule has 3 rings (SSSR count). The molecule has 0 spiro atoms. The van der Waals surface area contributed by atoms with Crippen molar-refractivity contribution in [2.24, 2.45) is 11.8 Å². The fraction of sp³-hybridized carbons (Fsp3) is 0.500. The van der Waals surface area contributed by atoms with Crippen LogP contribution in [-0.4, -0.2) is 18.2 Å². The molecule has 1 aromatic rings. The van der Waals surface area contributed by atoms with E-state index in [0.717, 1.165) is 24.6 Å². The molecule has 13 heavy (non-hydrogen) atoms. The fourth-order valence-corrected chi connectivity index (χ4v) is 2.41. The lowest BCUT2D eigenvalue weighted by atomic mass is 9.94. The van der Waals surface area contributed by atoms with Crippen molar-refractivity contribution in [2.45, 2.75) is 6.42 Å². The van der Waals surface area contributed by atoms with Crippen molar-refractivity contribution in [1.82, 2.24) is 10.5 Å². The summed E-state index contributed by atoms with van der Waals surface area (Å²) in [6.45, 7) is 2.23. The Morgan fingerprint density at radius 2 is 2.46 bits per heavy atom. The molecule has 0 aromatic carbocycles. The van der Waals surface area contributed by atoms with Gasteiger partial charge in [0, 0.05) is 18.7 Å². The molecule has 3 nitrogen and oxygen atoms in total. The lowest BCUT2D eigenvalue weighted by molar-refractivity contribution is 0.406. The summed E-state index contributed by atoms with van der Waals surface area (Å²) in [4.78, 5) is 0. The average molecular weight is 176 g/mol. The van der Waals surface area contributed by atoms with Crippen molar-refractivity contribution in [3.8, 4) is 0 Å². The standard InChI is InChI=1S/C10H12N2O/c1-7-2-10(8(1)4-11-3-7)9-5-12-13-6-9/h2,5-8,11H,1,3-4H2. The normalized spacial score (nSPS) is 31.8. The van der Waals surface area contributed by atoms with E-state index in [0.29, 0.717) is 5.92 Å². The number of nitrogens with zero attached hydrogens (tertiary/aromatic N) is 1. The first-order valence-corrected chi connectivity index (χ1v) is 4.75. The second-order valence-corrected chi connectivity index (χ2v) is 3.89. The Hall–Kier alpha value is -1.09. The van der Waals surface area contributed by atoms with E-state index in [1.165, 1.54) is 12.0 Å². The summed E-state index contributed by atoms with van der Waals surface area (Å²) in [5, 5.41) is 7.18. The van der Waals surface area contributed by atoms with Gasteiger partial charge in [0.2, 0.25) is 0 Å². The minimum absolute atomic E-state index is 0.679. The third-order valence-electron chi connectivity index (χ3n) is 3.01. The van der Waals surface area contributed by atoms with Gasteiger partial charge in [-0.05, 0) is 23.8 Å². The Balaban J connectivity index is 1.96. The highest BCUT2D eigenvalue weighted by Gasteiger charge is 2.30. The Bertz CT molecular complexity index is 329. The van der Waals surface area contributed by atoms with Crippen LogP contribution in [-0.2, 0) is 0 Å². The van der Waals surface area contributed by atoms with Gasteiger partial charge in [0.25, 0.3) is 0 Å². The lowest BCUT2D eigenvalue weighted by Gasteiger charge is -2.21. The zero-order chi connectivity index (χ0) is 8.67. The van der Waals surface area contributed by atoms with E-state index in [2.05, 4.69) is 16.5 Å². The van der Waals surface area contributed by atoms with Gasteiger partial charge in [0.05, 0.1) is 6.20 Å². The summed E-state index contributed by atoms with van der Waals surface area (Å²) in [7, 11) is 0. The smallest absolute Gasteiger partial charge is 0.131 e. The number of hydrogen-bond donors (Lipinski definition) is 1. The molecule has 0 radical (unpaired) electrons. The largest absolute Gasteiger partial charge is 0.364 e. The first-order chi connectivity index (χ1) is 6.43. The van der Waals surface area contributed by atoms with Crippen molar-refractivity contribution in [2.75, 3.05) is 13.1 Å². The average Bonchev–Trinajstić information content (AvgIpc) is 2.74. The van der Waals surface area contributed by atoms with Gasteiger partial charge in [-0.2, -0.15) is 0 Å². The SMILES string of the molecule is C1=C(c2cnoc2)C2CNCC1C2. The molecule has 1 aliphatic heterocycles. The van der Waals surface area contributed by atoms with E-state index in [-0.39, 0.29) is 0 Å². The maximum atomic E-state index is 4.86. The van der Waals surface area contributed by atoms with Gasteiger partial charge >= 0.3 is 0 Å². The number of nitrogens with one attached hydrogen (secondary N) is 1. The van der Waals surface area contributed by atoms with Gasteiger partial charge in [-0.3, -0.25) is 0 Å². The zero-order valence-electron chi connectivity index (χ0n) is 7.36. The van der Waals surface area contributed by atoms with E-state index < -0.39 is 0 Å². The number of fused-ring (bicyclic) bond motifs is 2. The van der Waals surface area contributed by atoms with Crippen LogP contribution in [0.3, 0.4) is 0 Å². The zero-order valence-corrected chi connectivity index (χ0v) is 7.36. The molecule has 2 bridgehead atoms. The Kier molecular flexibility index (Phi) is 1.52. The maximum Gasteiger partial charge on any atom is 0.131 e. The van der Waals surface area contributed by atoms with Crippen molar-refractivity contribution in [3.05, 3.63) is 24.1 Å². The summed E-state index contributed by atoms with van der Waals surface area (Å²) in [5.74, 6) is 1.40. The number of piperidine rings is 1. The number of aromatic nitrogens is 1. The van der Waals surface area contributed by atoms with Gasteiger partial charge in [-0.1, -0.05) is 11.2 Å². The summed E-state index contributed by atoms with van der Waals surface area (Å²) in [5.41, 5.74) is 2.59. The van der Waals surface area contributed by atoms with Crippen LogP contribution in [0.1, 0.15) is 12.0 Å². The molecule has 0 saturated carbocycles. The molecule has 2 atom stereocenters. The molecular weight excluding hydrogens is 164 g/mol. The van der Waals surface area contributed by atoms with Crippen LogP contribution in [0, 0.1) is 11.8 Å². The molecule has 1 N–H and O–H groups in total. The van der Waals surface area contributed by atoms with E-state index >= 15 is 0 Å². The molecule has 1 aromatic heterocycles. The third kappa shape index (κ3) is 1.11. The van der Waals surface area contributed by atoms with E-state index in [4.69, 9.17) is 4.52 Å². The summed E-state index contributed by atoms with van der Waals surface area (Å²) in [6.07, 6.45) is 7.23. The quantitative estimate of drug-likeness (QED) is 0.700. The lowest BCUT2D eigenvalue weighted by Crippen LogP contribution is -2.31. The second-order valence-electron chi connectivity index (χ2n) is 3.89. The minimum Gasteiger partial charge on any atom is -0.364 e. The summed E-state index contributed by atoms with van der Waals surface area (Å²) in [6, 6.07) is 0. The van der Waals surface area contributed by atoms with E-state index in [1.54, 1.807) is 6.26 Å². The highest BCUT2D eigenvalue weighted by molar-refractivity contribution is 5.69. The van der Waals surface area contributed by atoms with Crippen LogP contribution in [0.2, 0.25) is 0 Å². The van der Waals surface area contributed by atoms with Crippen LogP contribution >= 0.6 is 0 Å². The van der Waals surface area contributed by atoms with E-state index in [1.807, 2.05) is 6.20 Å². The highest BCUT2D eigenvalue weighted by atomic mass is 16.5. The predicted molar refractivity (Wildman–Crippen MR) is 48.9 cm³/mol. The van der Waals surface area contributed by atoms with Gasteiger partial charge < -0.3 is 9.84 Å². The van der Waals surface area contributed by atoms with Gasteiger partial charge in [-0.25, -0.2) is 0 Å². The molecule has 1 fully saturated rings. The molecular formula is C10H12N2O. The minimum atomic E-state index is 0.679. The van der Waals surface area contributed by atoms with Crippen molar-refractivity contribution in [1.29, 1.82) is 0 Å². The molecule has 2 heterocycles. The Morgan fingerprint density at radius 1 is 1.46 bits per heavy atom. The monoisotopic (exact) mass is 176 g/mol. The first kappa shape index (κ1) is 7.33. The molecule has 0 amide bonds. The van der Waals surface area contributed by atoms with Crippen LogP contribution in [0.15, 0.2) is 23.1 Å². The van der Waals surface area contributed by atoms with Gasteiger partial charge in [0.15, 0.2) is 0 Å². The topological polar surface area (TPSA) is 38.1 Å². The second kappa shape index (κ2) is 2.70. The molecule has 1 aliphatic carbocycles. The van der Waals surface area contributed by atoms with Crippen LogP contribution in [0.4, 0.5) is 0 Å². The fourth-order valence-electron chi connectivity index (χ4n) is 2.41. The number of rotatable bonds is 1. The highest BCUT2D eigenvalue weighted by Crippen LogP contribution is 2.38. The van der Waals surface area contributed by atoms with Crippen LogP contribution < -0.4 is 5.32 Å². The van der Waals surface area contributed by atoms with Crippen molar-refractivity contribution in [3.63, 3.8) is 0 Å². The summed E-state index contributed by atoms with van der Waals surface area (Å²) < 4.78 is 4.86.